The van der Waals surface area contributed by atoms with E-state index in [1.165, 1.54) is 126 Å². The highest BCUT2D eigenvalue weighted by Crippen LogP contribution is 2.60. The molecule has 0 atom stereocenters. The van der Waals surface area contributed by atoms with E-state index in [0.717, 1.165) is 22.7 Å². The number of rotatable bonds is 9. The molecule has 2 aliphatic rings. The zero-order valence-corrected chi connectivity index (χ0v) is 40.8. The Morgan fingerprint density at radius 2 is 0.973 bits per heavy atom. The molecule has 12 aromatic rings. The van der Waals surface area contributed by atoms with E-state index in [1.54, 1.807) is 0 Å². The van der Waals surface area contributed by atoms with E-state index in [0.29, 0.717) is 5.92 Å². The van der Waals surface area contributed by atoms with E-state index in [1.807, 2.05) is 0 Å². The second-order valence-corrected chi connectivity index (χ2v) is 20.1. The zero-order valence-electron chi connectivity index (χ0n) is 40.8. The maximum Gasteiger partial charge on any atom is 0.0714 e. The van der Waals surface area contributed by atoms with Crippen LogP contribution in [0.15, 0.2) is 261 Å². The van der Waals surface area contributed by atoms with Gasteiger partial charge >= 0.3 is 0 Å². The predicted octanol–water partition coefficient (Wildman–Crippen LogP) is 19.2. The van der Waals surface area contributed by atoms with Crippen molar-refractivity contribution in [3.05, 3.63) is 289 Å². The van der Waals surface area contributed by atoms with Gasteiger partial charge in [0.25, 0.3) is 0 Å². The fourth-order valence-corrected chi connectivity index (χ4v) is 13.1. The Bertz CT molecular complexity index is 3950. The highest BCUT2D eigenvalue weighted by atomic mass is 15.1. The van der Waals surface area contributed by atoms with Crippen LogP contribution in [0, 0.1) is 0 Å². The predicted molar refractivity (Wildman–Crippen MR) is 307 cm³/mol. The van der Waals surface area contributed by atoms with Crippen LogP contribution in [-0.4, -0.2) is 4.57 Å². The van der Waals surface area contributed by atoms with Gasteiger partial charge in [-0.3, -0.25) is 0 Å². The molecule has 2 nitrogen and oxygen atoms in total. The molecule has 14 rings (SSSR count). The topological polar surface area (TPSA) is 8.17 Å². The van der Waals surface area contributed by atoms with E-state index < -0.39 is 5.41 Å². The normalized spacial score (nSPS) is 14.1. The minimum atomic E-state index is -0.537. The minimum absolute atomic E-state index is 0.537. The molecule has 2 heteroatoms. The third-order valence-corrected chi connectivity index (χ3v) is 16.3. The van der Waals surface area contributed by atoms with Crippen molar-refractivity contribution in [1.29, 1.82) is 0 Å². The second kappa shape index (κ2) is 17.8. The molecule has 0 spiro atoms. The summed E-state index contributed by atoms with van der Waals surface area (Å²) in [4.78, 5) is 2.57. The average molecular weight is 935 g/mol. The highest BCUT2D eigenvalue weighted by Gasteiger charge is 2.47. The lowest BCUT2D eigenvalue weighted by Crippen LogP contribution is -2.28. The van der Waals surface area contributed by atoms with Crippen molar-refractivity contribution >= 4 is 49.6 Å². The van der Waals surface area contributed by atoms with Gasteiger partial charge in [-0.25, -0.2) is 0 Å². The van der Waals surface area contributed by atoms with Crippen molar-refractivity contribution < 1.29 is 0 Å². The lowest BCUT2D eigenvalue weighted by atomic mass is 9.68. The fraction of sp³-hybridized carbons (Fsp3) is 0.0986. The Balaban J connectivity index is 1.00. The summed E-state index contributed by atoms with van der Waals surface area (Å²) in [6.07, 6.45) is 6.41. The molecule has 73 heavy (non-hydrogen) atoms. The van der Waals surface area contributed by atoms with Gasteiger partial charge < -0.3 is 9.47 Å². The number of benzene rings is 11. The van der Waals surface area contributed by atoms with E-state index in [2.05, 4.69) is 270 Å². The molecule has 11 aromatic carbocycles. The molecule has 0 radical (unpaired) electrons. The molecule has 1 aromatic heterocycles. The summed E-state index contributed by atoms with van der Waals surface area (Å²) in [5.41, 5.74) is 20.4. The van der Waals surface area contributed by atoms with Gasteiger partial charge in [-0.1, -0.05) is 232 Å². The molecular weight excluding hydrogens is 881 g/mol. The third kappa shape index (κ3) is 6.92. The van der Waals surface area contributed by atoms with Crippen LogP contribution >= 0.6 is 0 Å². The summed E-state index contributed by atoms with van der Waals surface area (Å²) >= 11 is 0. The maximum absolute atomic E-state index is 2.57. The number of para-hydroxylation sites is 3. The van der Waals surface area contributed by atoms with Crippen molar-refractivity contribution in [2.75, 3.05) is 4.90 Å². The first-order chi connectivity index (χ1) is 36.3. The van der Waals surface area contributed by atoms with E-state index in [9.17, 15) is 0 Å². The quantitative estimate of drug-likeness (QED) is 0.140. The molecule has 0 saturated heterocycles. The molecule has 0 bridgehead atoms. The number of anilines is 3. The lowest BCUT2D eigenvalue weighted by molar-refractivity contribution is 0.445. The summed E-state index contributed by atoms with van der Waals surface area (Å²) in [7, 11) is 0. The molecule has 1 saturated carbocycles. The molecule has 1 heterocycles. The smallest absolute Gasteiger partial charge is 0.0714 e. The van der Waals surface area contributed by atoms with Crippen LogP contribution in [0.1, 0.15) is 65.8 Å². The van der Waals surface area contributed by atoms with Gasteiger partial charge in [0.1, 0.15) is 0 Å². The molecule has 0 unspecified atom stereocenters. The standard InChI is InChI=1S/C71H54N2/c1-5-22-50(23-6-1)57-35-19-24-51-25-20-36-61(69(51)57)59-33-15-18-40-66(59)72(56-45-42-49(43-46-56)52-44-47-60-58-32-14-17-39-65(58)73(68(60)48-52)55-30-11-4-12-31-55)67-41-21-38-64-70(67)62-34-13-16-37-63(62)71(64,53-26-7-2-8-27-53)54-28-9-3-10-29-54/h2-4,7-21,24-48,50H,1,5-6,22-23H2. The fourth-order valence-electron chi connectivity index (χ4n) is 13.1. The van der Waals surface area contributed by atoms with Crippen LogP contribution in [0.25, 0.3) is 71.6 Å². The van der Waals surface area contributed by atoms with E-state index in [4.69, 9.17) is 0 Å². The van der Waals surface area contributed by atoms with Crippen LogP contribution in [0.2, 0.25) is 0 Å². The summed E-state index contributed by atoms with van der Waals surface area (Å²) in [6.45, 7) is 0. The average Bonchev–Trinajstić information content (AvgIpc) is 3.97. The summed E-state index contributed by atoms with van der Waals surface area (Å²) < 4.78 is 2.41. The Kier molecular flexibility index (Phi) is 10.5. The van der Waals surface area contributed by atoms with Crippen molar-refractivity contribution in [3.63, 3.8) is 0 Å². The summed E-state index contributed by atoms with van der Waals surface area (Å²) in [5.74, 6) is 0.556. The Morgan fingerprint density at radius 3 is 1.74 bits per heavy atom. The van der Waals surface area contributed by atoms with Gasteiger partial charge in [-0.2, -0.15) is 0 Å². The molecule has 1 fully saturated rings. The highest BCUT2D eigenvalue weighted by molar-refractivity contribution is 6.10. The van der Waals surface area contributed by atoms with Gasteiger partial charge in [0.15, 0.2) is 0 Å². The second-order valence-electron chi connectivity index (χ2n) is 20.1. The van der Waals surface area contributed by atoms with E-state index >= 15 is 0 Å². The van der Waals surface area contributed by atoms with Gasteiger partial charge in [0.2, 0.25) is 0 Å². The van der Waals surface area contributed by atoms with Crippen molar-refractivity contribution in [3.8, 4) is 39.1 Å². The zero-order chi connectivity index (χ0) is 48.3. The largest absolute Gasteiger partial charge is 0.309 e. The maximum atomic E-state index is 2.57. The third-order valence-electron chi connectivity index (χ3n) is 16.3. The van der Waals surface area contributed by atoms with Crippen LogP contribution in [0.3, 0.4) is 0 Å². The molecule has 348 valence electrons. The number of nitrogens with zero attached hydrogens (tertiary/aromatic N) is 2. The number of fused-ring (bicyclic) bond motifs is 7. The number of hydrogen-bond acceptors (Lipinski definition) is 1. The molecule has 2 aliphatic carbocycles. The Morgan fingerprint density at radius 1 is 0.397 bits per heavy atom. The van der Waals surface area contributed by atoms with Crippen LogP contribution in [0.4, 0.5) is 17.1 Å². The van der Waals surface area contributed by atoms with Crippen molar-refractivity contribution in [2.24, 2.45) is 0 Å². The van der Waals surface area contributed by atoms with Gasteiger partial charge in [-0.05, 0) is 128 Å². The first-order valence-electron chi connectivity index (χ1n) is 26.2. The molecule has 0 amide bonds. The van der Waals surface area contributed by atoms with Crippen molar-refractivity contribution in [2.45, 2.75) is 43.4 Å². The Hall–Kier alpha value is -8.72. The van der Waals surface area contributed by atoms with Gasteiger partial charge in [0.05, 0.1) is 27.8 Å². The van der Waals surface area contributed by atoms with Crippen molar-refractivity contribution in [1.82, 2.24) is 4.57 Å². The molecule has 0 N–H and O–H groups in total. The molecule has 0 aliphatic heterocycles. The van der Waals surface area contributed by atoms with Gasteiger partial charge in [0, 0.05) is 33.3 Å². The van der Waals surface area contributed by atoms with Crippen LogP contribution in [0.5, 0.6) is 0 Å². The monoisotopic (exact) mass is 934 g/mol. The first-order valence-corrected chi connectivity index (χ1v) is 26.2. The number of aromatic nitrogens is 1. The minimum Gasteiger partial charge on any atom is -0.309 e. The summed E-state index contributed by atoms with van der Waals surface area (Å²) in [6, 6.07) is 97.5. The van der Waals surface area contributed by atoms with Crippen LogP contribution < -0.4 is 4.90 Å². The van der Waals surface area contributed by atoms with Crippen LogP contribution in [-0.2, 0) is 5.41 Å². The summed E-state index contributed by atoms with van der Waals surface area (Å²) in [5, 5.41) is 5.21. The van der Waals surface area contributed by atoms with Gasteiger partial charge in [-0.15, -0.1) is 0 Å². The molecular formula is C71H54N2. The van der Waals surface area contributed by atoms with E-state index in [-0.39, 0.29) is 0 Å². The lowest BCUT2D eigenvalue weighted by Gasteiger charge is -2.34. The number of hydrogen-bond donors (Lipinski definition) is 0. The SMILES string of the molecule is c1ccc(-n2c3ccccc3c3ccc(-c4ccc(N(c5ccccc5-c5cccc6cccc(C7CCCCC7)c56)c5cccc6c5-c5ccccc5C6(c5ccccc5)c5ccccc5)cc4)cc32)cc1. The first kappa shape index (κ1) is 43.1. The Labute approximate surface area is 428 Å².